The van der Waals surface area contributed by atoms with E-state index in [1.807, 2.05) is 6.20 Å². The molecular weight excluding hydrogens is 200 g/mol. The molecule has 3 nitrogen and oxygen atoms in total. The number of aryl methyl sites for hydroxylation is 1. The molecule has 1 fully saturated rings. The van der Waals surface area contributed by atoms with Crippen LogP contribution in [0.3, 0.4) is 0 Å². The highest BCUT2D eigenvalue weighted by Gasteiger charge is 2.18. The smallest absolute Gasteiger partial charge is 0.0594 e. The molecule has 0 aromatic carbocycles. The van der Waals surface area contributed by atoms with Gasteiger partial charge >= 0.3 is 0 Å². The lowest BCUT2D eigenvalue weighted by Crippen LogP contribution is -2.38. The van der Waals surface area contributed by atoms with Gasteiger partial charge in [0.1, 0.15) is 0 Å². The van der Waals surface area contributed by atoms with E-state index < -0.39 is 0 Å². The van der Waals surface area contributed by atoms with Crippen molar-refractivity contribution in [1.82, 2.24) is 9.88 Å². The molecule has 1 aliphatic rings. The molecule has 0 N–H and O–H groups in total. The first-order chi connectivity index (χ1) is 7.81. The molecule has 0 spiro atoms. The summed E-state index contributed by atoms with van der Waals surface area (Å²) in [4.78, 5) is 6.91. The molecule has 1 aliphatic heterocycles. The molecule has 2 heterocycles. The van der Waals surface area contributed by atoms with E-state index in [-0.39, 0.29) is 0 Å². The third-order valence-electron chi connectivity index (χ3n) is 3.29. The summed E-state index contributed by atoms with van der Waals surface area (Å²) in [5.41, 5.74) is 2.47. The topological polar surface area (TPSA) is 25.4 Å². The maximum Gasteiger partial charge on any atom is 0.0594 e. The van der Waals surface area contributed by atoms with Crippen LogP contribution >= 0.6 is 0 Å². The summed E-state index contributed by atoms with van der Waals surface area (Å²) in [6, 6.07) is 4.78. The van der Waals surface area contributed by atoms with Crippen LogP contribution in [0.15, 0.2) is 18.3 Å². The number of morpholine rings is 1. The van der Waals surface area contributed by atoms with Gasteiger partial charge in [-0.15, -0.1) is 0 Å². The van der Waals surface area contributed by atoms with Crippen LogP contribution in [0.1, 0.15) is 31.1 Å². The van der Waals surface area contributed by atoms with Gasteiger partial charge in [0.2, 0.25) is 0 Å². The van der Waals surface area contributed by atoms with Gasteiger partial charge in [-0.3, -0.25) is 9.88 Å². The summed E-state index contributed by atoms with van der Waals surface area (Å²) >= 11 is 0. The lowest BCUT2D eigenvalue weighted by atomic mass is 10.1. The van der Waals surface area contributed by atoms with E-state index in [4.69, 9.17) is 4.74 Å². The predicted molar refractivity (Wildman–Crippen MR) is 64.4 cm³/mol. The SMILES string of the molecule is CCc1ccc(C(C)N2CCOCC2)cn1. The molecule has 0 saturated carbocycles. The summed E-state index contributed by atoms with van der Waals surface area (Å²) < 4.78 is 5.36. The van der Waals surface area contributed by atoms with Gasteiger partial charge in [-0.1, -0.05) is 13.0 Å². The van der Waals surface area contributed by atoms with E-state index in [0.717, 1.165) is 38.4 Å². The second kappa shape index (κ2) is 5.41. The van der Waals surface area contributed by atoms with Crippen molar-refractivity contribution in [3.63, 3.8) is 0 Å². The van der Waals surface area contributed by atoms with Crippen molar-refractivity contribution in [2.45, 2.75) is 26.3 Å². The Morgan fingerprint density at radius 1 is 1.38 bits per heavy atom. The standard InChI is InChI=1S/C13H20N2O/c1-3-13-5-4-12(10-14-13)11(2)15-6-8-16-9-7-15/h4-5,10-11H,3,6-9H2,1-2H3. The molecule has 0 bridgehead atoms. The zero-order valence-electron chi connectivity index (χ0n) is 10.1. The van der Waals surface area contributed by atoms with Crippen LogP contribution in [-0.4, -0.2) is 36.2 Å². The molecule has 0 amide bonds. The van der Waals surface area contributed by atoms with Gasteiger partial charge in [0.25, 0.3) is 0 Å². The van der Waals surface area contributed by atoms with Gasteiger partial charge in [0.15, 0.2) is 0 Å². The minimum Gasteiger partial charge on any atom is -0.379 e. The number of aromatic nitrogens is 1. The van der Waals surface area contributed by atoms with E-state index in [1.165, 1.54) is 5.56 Å². The van der Waals surface area contributed by atoms with E-state index in [1.54, 1.807) is 0 Å². The molecule has 0 radical (unpaired) electrons. The molecule has 88 valence electrons. The highest BCUT2D eigenvalue weighted by atomic mass is 16.5. The Labute approximate surface area is 97.4 Å². The highest BCUT2D eigenvalue weighted by molar-refractivity contribution is 5.17. The van der Waals surface area contributed by atoms with Crippen molar-refractivity contribution >= 4 is 0 Å². The highest BCUT2D eigenvalue weighted by Crippen LogP contribution is 2.20. The minimum atomic E-state index is 0.447. The Hall–Kier alpha value is -0.930. The van der Waals surface area contributed by atoms with Gasteiger partial charge < -0.3 is 4.74 Å². The first-order valence-corrected chi connectivity index (χ1v) is 6.08. The van der Waals surface area contributed by atoms with Crippen LogP contribution in [0, 0.1) is 0 Å². The number of nitrogens with zero attached hydrogens (tertiary/aromatic N) is 2. The van der Waals surface area contributed by atoms with Crippen molar-refractivity contribution in [2.75, 3.05) is 26.3 Å². The molecule has 1 atom stereocenters. The van der Waals surface area contributed by atoms with Crippen molar-refractivity contribution in [2.24, 2.45) is 0 Å². The number of hydrogen-bond acceptors (Lipinski definition) is 3. The first kappa shape index (κ1) is 11.6. The molecule has 1 unspecified atom stereocenters. The fourth-order valence-electron chi connectivity index (χ4n) is 2.07. The molecule has 0 aliphatic carbocycles. The number of hydrogen-bond donors (Lipinski definition) is 0. The minimum absolute atomic E-state index is 0.447. The Morgan fingerprint density at radius 3 is 2.69 bits per heavy atom. The van der Waals surface area contributed by atoms with Crippen molar-refractivity contribution in [3.05, 3.63) is 29.6 Å². The van der Waals surface area contributed by atoms with Gasteiger partial charge in [-0.05, 0) is 25.0 Å². The number of ether oxygens (including phenoxy) is 1. The second-order valence-corrected chi connectivity index (χ2v) is 4.26. The van der Waals surface area contributed by atoms with Gasteiger partial charge in [0.05, 0.1) is 13.2 Å². The van der Waals surface area contributed by atoms with E-state index in [9.17, 15) is 0 Å². The lowest BCUT2D eigenvalue weighted by Gasteiger charge is -2.32. The van der Waals surface area contributed by atoms with Gasteiger partial charge in [-0.25, -0.2) is 0 Å². The average molecular weight is 220 g/mol. The summed E-state index contributed by atoms with van der Waals surface area (Å²) in [6.07, 6.45) is 3.02. The zero-order chi connectivity index (χ0) is 11.4. The molecule has 1 aromatic rings. The summed E-state index contributed by atoms with van der Waals surface area (Å²) in [5.74, 6) is 0. The largest absolute Gasteiger partial charge is 0.379 e. The third kappa shape index (κ3) is 2.60. The number of pyridine rings is 1. The van der Waals surface area contributed by atoms with Crippen LogP contribution in [-0.2, 0) is 11.2 Å². The number of rotatable bonds is 3. The maximum atomic E-state index is 5.36. The molecule has 1 aromatic heterocycles. The van der Waals surface area contributed by atoms with Crippen LogP contribution < -0.4 is 0 Å². The third-order valence-corrected chi connectivity index (χ3v) is 3.29. The molecule has 16 heavy (non-hydrogen) atoms. The van der Waals surface area contributed by atoms with Crippen molar-refractivity contribution in [3.8, 4) is 0 Å². The fourth-order valence-corrected chi connectivity index (χ4v) is 2.07. The predicted octanol–water partition coefficient (Wildman–Crippen LogP) is 2.04. The maximum absolute atomic E-state index is 5.36. The molecule has 3 heteroatoms. The molecular formula is C13H20N2O. The van der Waals surface area contributed by atoms with Crippen LogP contribution in [0.25, 0.3) is 0 Å². The normalized spacial score (nSPS) is 19.6. The summed E-state index contributed by atoms with van der Waals surface area (Å²) in [7, 11) is 0. The fraction of sp³-hybridized carbons (Fsp3) is 0.615. The Kier molecular flexibility index (Phi) is 3.91. The van der Waals surface area contributed by atoms with Gasteiger partial charge in [0, 0.05) is 31.0 Å². The van der Waals surface area contributed by atoms with Crippen molar-refractivity contribution in [1.29, 1.82) is 0 Å². The van der Waals surface area contributed by atoms with E-state index in [2.05, 4.69) is 35.9 Å². The molecule has 2 rings (SSSR count). The van der Waals surface area contributed by atoms with Gasteiger partial charge in [-0.2, -0.15) is 0 Å². The van der Waals surface area contributed by atoms with Crippen LogP contribution in [0.2, 0.25) is 0 Å². The Morgan fingerprint density at radius 2 is 2.12 bits per heavy atom. The van der Waals surface area contributed by atoms with E-state index in [0.29, 0.717) is 6.04 Å². The Bertz CT molecular complexity index is 317. The molecule has 1 saturated heterocycles. The van der Waals surface area contributed by atoms with Crippen LogP contribution in [0.5, 0.6) is 0 Å². The quantitative estimate of drug-likeness (QED) is 0.779. The van der Waals surface area contributed by atoms with Crippen LogP contribution in [0.4, 0.5) is 0 Å². The second-order valence-electron chi connectivity index (χ2n) is 4.26. The average Bonchev–Trinajstić information content (AvgIpc) is 2.39. The van der Waals surface area contributed by atoms with Crippen molar-refractivity contribution < 1.29 is 4.74 Å². The monoisotopic (exact) mass is 220 g/mol. The summed E-state index contributed by atoms with van der Waals surface area (Å²) in [5, 5.41) is 0. The zero-order valence-corrected chi connectivity index (χ0v) is 10.1. The Balaban J connectivity index is 2.04. The van der Waals surface area contributed by atoms with E-state index >= 15 is 0 Å². The first-order valence-electron chi connectivity index (χ1n) is 6.08. The summed E-state index contributed by atoms with van der Waals surface area (Å²) in [6.45, 7) is 8.13. The lowest BCUT2D eigenvalue weighted by molar-refractivity contribution is 0.0198.